The van der Waals surface area contributed by atoms with Crippen LogP contribution in [0.3, 0.4) is 0 Å². The van der Waals surface area contributed by atoms with Gasteiger partial charge in [0.25, 0.3) is 5.56 Å². The monoisotopic (exact) mass is 415 g/mol. The Bertz CT molecular complexity index is 1090. The molecule has 0 fully saturated rings. The van der Waals surface area contributed by atoms with Gasteiger partial charge in [0.05, 0.1) is 29.5 Å². The third kappa shape index (κ3) is 3.47. The fraction of sp³-hybridized carbons (Fsp3) is 0.350. The fourth-order valence-electron chi connectivity index (χ4n) is 3.37. The summed E-state index contributed by atoms with van der Waals surface area (Å²) in [6.07, 6.45) is 0.811. The number of carbonyl (C=O) groups is 1. The minimum atomic E-state index is -0.447. The number of rotatable bonds is 5. The number of primary amides is 1. The van der Waals surface area contributed by atoms with E-state index in [1.54, 1.807) is 4.57 Å². The lowest BCUT2D eigenvalue weighted by molar-refractivity contribution is -0.115. The van der Waals surface area contributed by atoms with Crippen LogP contribution in [0.25, 0.3) is 15.9 Å². The van der Waals surface area contributed by atoms with Gasteiger partial charge in [0.2, 0.25) is 5.91 Å². The molecule has 0 saturated heterocycles. The molecule has 6 nitrogen and oxygen atoms in total. The van der Waals surface area contributed by atoms with Gasteiger partial charge >= 0.3 is 0 Å². The van der Waals surface area contributed by atoms with Gasteiger partial charge in [-0.05, 0) is 23.6 Å². The Morgan fingerprint density at radius 2 is 2.14 bits per heavy atom. The summed E-state index contributed by atoms with van der Waals surface area (Å²) in [5.41, 5.74) is 6.99. The highest BCUT2D eigenvalue weighted by Gasteiger charge is 2.28. The standard InChI is InChI=1S/C20H21N3O3S2/c1-11(2)14-8-13-15(9-26-14)28-18-17(13)19(25)23(12-6-4-3-5-7-12)20(22-18)27-10-16(21)24/h3-7,11,14H,8-10H2,1-2H3,(H2,21,24)/t14-/m1/s1. The van der Waals surface area contributed by atoms with Crippen LogP contribution >= 0.6 is 23.1 Å². The summed E-state index contributed by atoms with van der Waals surface area (Å²) in [5, 5.41) is 1.14. The Labute approximate surface area is 170 Å². The number of fused-ring (bicyclic) bond motifs is 3. The summed E-state index contributed by atoms with van der Waals surface area (Å²) in [6, 6.07) is 9.37. The van der Waals surface area contributed by atoms with Crippen molar-refractivity contribution in [2.45, 2.75) is 38.1 Å². The maximum absolute atomic E-state index is 13.6. The van der Waals surface area contributed by atoms with Crippen molar-refractivity contribution in [3.8, 4) is 5.69 Å². The summed E-state index contributed by atoms with van der Waals surface area (Å²) >= 11 is 2.68. The number of hydrogen-bond donors (Lipinski definition) is 1. The maximum Gasteiger partial charge on any atom is 0.267 e. The third-order valence-corrected chi connectivity index (χ3v) is 6.87. The van der Waals surface area contributed by atoms with E-state index in [1.807, 2.05) is 30.3 Å². The van der Waals surface area contributed by atoms with E-state index < -0.39 is 5.91 Å². The number of nitrogens with zero attached hydrogens (tertiary/aromatic N) is 2. The van der Waals surface area contributed by atoms with Crippen LogP contribution in [0.2, 0.25) is 0 Å². The molecule has 0 bridgehead atoms. The van der Waals surface area contributed by atoms with Gasteiger partial charge in [-0.25, -0.2) is 4.98 Å². The minimum absolute atomic E-state index is 0.0639. The van der Waals surface area contributed by atoms with E-state index >= 15 is 0 Å². The number of benzene rings is 1. The number of para-hydroxylation sites is 1. The summed E-state index contributed by atoms with van der Waals surface area (Å²) in [4.78, 5) is 31.4. The predicted molar refractivity (Wildman–Crippen MR) is 112 cm³/mol. The molecule has 0 saturated carbocycles. The van der Waals surface area contributed by atoms with Gasteiger partial charge in [0.15, 0.2) is 5.16 Å². The van der Waals surface area contributed by atoms with E-state index in [9.17, 15) is 9.59 Å². The number of ether oxygens (including phenoxy) is 1. The molecule has 1 aliphatic heterocycles. The second-order valence-corrected chi connectivity index (χ2v) is 9.13. The molecule has 146 valence electrons. The van der Waals surface area contributed by atoms with Crippen molar-refractivity contribution in [2.75, 3.05) is 5.75 Å². The van der Waals surface area contributed by atoms with Gasteiger partial charge in [0, 0.05) is 11.3 Å². The number of hydrogen-bond acceptors (Lipinski definition) is 6. The third-order valence-electron chi connectivity index (χ3n) is 4.81. The van der Waals surface area contributed by atoms with Crippen LogP contribution in [0.4, 0.5) is 0 Å². The van der Waals surface area contributed by atoms with Crippen molar-refractivity contribution < 1.29 is 9.53 Å². The van der Waals surface area contributed by atoms with Gasteiger partial charge < -0.3 is 10.5 Å². The molecule has 2 N–H and O–H groups in total. The second kappa shape index (κ2) is 7.69. The molecular weight excluding hydrogens is 394 g/mol. The van der Waals surface area contributed by atoms with E-state index in [2.05, 4.69) is 13.8 Å². The number of thioether (sulfide) groups is 1. The molecule has 8 heteroatoms. The van der Waals surface area contributed by atoms with Gasteiger partial charge in [-0.15, -0.1) is 11.3 Å². The average Bonchev–Trinajstić information content (AvgIpc) is 3.04. The van der Waals surface area contributed by atoms with E-state index in [0.717, 1.165) is 16.1 Å². The maximum atomic E-state index is 13.6. The Morgan fingerprint density at radius 1 is 1.39 bits per heavy atom. The zero-order valence-corrected chi connectivity index (χ0v) is 17.3. The molecule has 0 unspecified atom stereocenters. The molecule has 0 spiro atoms. The number of nitrogens with two attached hydrogens (primary N) is 1. The molecule has 0 aliphatic carbocycles. The number of carbonyl (C=O) groups excluding carboxylic acids is 1. The van der Waals surface area contributed by atoms with Gasteiger partial charge in [0.1, 0.15) is 4.83 Å². The fourth-order valence-corrected chi connectivity index (χ4v) is 5.29. The highest BCUT2D eigenvalue weighted by Crippen LogP contribution is 2.36. The van der Waals surface area contributed by atoms with E-state index in [0.29, 0.717) is 34.3 Å². The van der Waals surface area contributed by atoms with E-state index in [1.165, 1.54) is 23.1 Å². The Morgan fingerprint density at radius 3 is 2.82 bits per heavy atom. The minimum Gasteiger partial charge on any atom is -0.372 e. The lowest BCUT2D eigenvalue weighted by atomic mass is 9.96. The van der Waals surface area contributed by atoms with Gasteiger partial charge in [-0.1, -0.05) is 43.8 Å². The highest BCUT2D eigenvalue weighted by atomic mass is 32.2. The molecule has 1 aliphatic rings. The van der Waals surface area contributed by atoms with Crippen LogP contribution in [-0.4, -0.2) is 27.3 Å². The first-order valence-electron chi connectivity index (χ1n) is 9.11. The Balaban J connectivity index is 1.93. The summed E-state index contributed by atoms with van der Waals surface area (Å²) in [7, 11) is 0. The first-order valence-corrected chi connectivity index (χ1v) is 10.9. The van der Waals surface area contributed by atoms with Gasteiger partial charge in [-0.3, -0.25) is 14.2 Å². The Kier molecular flexibility index (Phi) is 5.27. The average molecular weight is 416 g/mol. The normalized spacial score (nSPS) is 16.5. The zero-order valence-electron chi connectivity index (χ0n) is 15.7. The summed E-state index contributed by atoms with van der Waals surface area (Å²) in [6.45, 7) is 4.76. The van der Waals surface area contributed by atoms with E-state index in [4.69, 9.17) is 15.5 Å². The number of thiophene rings is 1. The Hall–Kier alpha value is -2.16. The lowest BCUT2D eigenvalue weighted by Gasteiger charge is -2.26. The smallest absolute Gasteiger partial charge is 0.267 e. The van der Waals surface area contributed by atoms with Crippen molar-refractivity contribution in [1.29, 1.82) is 0 Å². The van der Waals surface area contributed by atoms with Crippen LogP contribution < -0.4 is 11.3 Å². The molecule has 2 aromatic heterocycles. The lowest BCUT2D eigenvalue weighted by Crippen LogP contribution is -2.28. The van der Waals surface area contributed by atoms with E-state index in [-0.39, 0.29) is 17.4 Å². The zero-order chi connectivity index (χ0) is 19.8. The molecular formula is C20H21N3O3S2. The second-order valence-electron chi connectivity index (χ2n) is 7.11. The summed E-state index contributed by atoms with van der Waals surface area (Å²) < 4.78 is 7.55. The first-order chi connectivity index (χ1) is 13.5. The highest BCUT2D eigenvalue weighted by molar-refractivity contribution is 7.99. The van der Waals surface area contributed by atoms with Crippen LogP contribution in [-0.2, 0) is 22.6 Å². The largest absolute Gasteiger partial charge is 0.372 e. The van der Waals surface area contributed by atoms with Crippen molar-refractivity contribution in [3.05, 3.63) is 51.1 Å². The van der Waals surface area contributed by atoms with Crippen LogP contribution in [0, 0.1) is 5.92 Å². The first kappa shape index (κ1) is 19.2. The molecule has 3 heterocycles. The van der Waals surface area contributed by atoms with Crippen LogP contribution in [0.5, 0.6) is 0 Å². The molecule has 1 aromatic carbocycles. The topological polar surface area (TPSA) is 87.2 Å². The molecule has 4 rings (SSSR count). The molecule has 0 radical (unpaired) electrons. The number of amides is 1. The van der Waals surface area contributed by atoms with Gasteiger partial charge in [-0.2, -0.15) is 0 Å². The molecule has 1 amide bonds. The van der Waals surface area contributed by atoms with Crippen LogP contribution in [0.1, 0.15) is 24.3 Å². The number of aromatic nitrogens is 2. The molecule has 3 aromatic rings. The summed E-state index contributed by atoms with van der Waals surface area (Å²) in [5.74, 6) is -0.00980. The van der Waals surface area contributed by atoms with Crippen molar-refractivity contribution in [2.24, 2.45) is 11.7 Å². The van der Waals surface area contributed by atoms with Crippen molar-refractivity contribution in [1.82, 2.24) is 9.55 Å². The SMILES string of the molecule is CC(C)[C@H]1Cc2c(sc3nc(SCC(N)=O)n(-c4ccccc4)c(=O)c23)CO1. The predicted octanol–water partition coefficient (Wildman–Crippen LogP) is 3.12. The quantitative estimate of drug-likeness (QED) is 0.511. The van der Waals surface area contributed by atoms with Crippen molar-refractivity contribution >= 4 is 39.2 Å². The van der Waals surface area contributed by atoms with Crippen molar-refractivity contribution in [3.63, 3.8) is 0 Å². The van der Waals surface area contributed by atoms with Crippen LogP contribution in [0.15, 0.2) is 40.3 Å². The molecule has 1 atom stereocenters. The molecule has 28 heavy (non-hydrogen) atoms.